The lowest BCUT2D eigenvalue weighted by atomic mass is 10.1. The predicted molar refractivity (Wildman–Crippen MR) is 73.4 cm³/mol. The molecular formula is C14H22ClNO. The Morgan fingerprint density at radius 3 is 2.59 bits per heavy atom. The molecule has 1 rings (SSSR count). The fourth-order valence-corrected chi connectivity index (χ4v) is 2.14. The first-order valence-corrected chi connectivity index (χ1v) is 6.72. The third kappa shape index (κ3) is 5.53. The fraction of sp³-hybridized carbons (Fsp3) is 0.571. The molecule has 0 aliphatic rings. The smallest absolute Gasteiger partial charge is 0.0453 e. The van der Waals surface area contributed by atoms with Gasteiger partial charge in [0, 0.05) is 17.7 Å². The Labute approximate surface area is 109 Å². The van der Waals surface area contributed by atoms with E-state index in [1.807, 2.05) is 18.2 Å². The van der Waals surface area contributed by atoms with Crippen LogP contribution in [0.2, 0.25) is 5.02 Å². The molecule has 0 fully saturated rings. The largest absolute Gasteiger partial charge is 0.396 e. The molecule has 17 heavy (non-hydrogen) atoms. The number of benzene rings is 1. The maximum absolute atomic E-state index is 8.66. The fourth-order valence-electron chi connectivity index (χ4n) is 1.85. The van der Waals surface area contributed by atoms with Crippen LogP contribution in [0.25, 0.3) is 0 Å². The molecule has 2 nitrogen and oxygen atoms in total. The van der Waals surface area contributed by atoms with Gasteiger partial charge in [0.05, 0.1) is 0 Å². The number of rotatable bonds is 8. The summed E-state index contributed by atoms with van der Waals surface area (Å²) < 4.78 is 0. The van der Waals surface area contributed by atoms with Gasteiger partial charge in [-0.15, -0.1) is 0 Å². The van der Waals surface area contributed by atoms with Crippen LogP contribution < -0.4 is 5.32 Å². The quantitative estimate of drug-likeness (QED) is 0.697. The third-order valence-electron chi connectivity index (χ3n) is 2.91. The van der Waals surface area contributed by atoms with Crippen molar-refractivity contribution in [1.29, 1.82) is 0 Å². The number of nitrogens with one attached hydrogen (secondary N) is 1. The molecule has 2 N–H and O–H groups in total. The van der Waals surface area contributed by atoms with Gasteiger partial charge in [-0.3, -0.25) is 0 Å². The third-order valence-corrected chi connectivity index (χ3v) is 3.25. The van der Waals surface area contributed by atoms with Crippen LogP contribution in [-0.4, -0.2) is 18.3 Å². The summed E-state index contributed by atoms with van der Waals surface area (Å²) in [7, 11) is 0. The molecule has 3 heteroatoms. The summed E-state index contributed by atoms with van der Waals surface area (Å²) in [5, 5.41) is 13.0. The summed E-state index contributed by atoms with van der Waals surface area (Å²) >= 11 is 6.13. The van der Waals surface area contributed by atoms with E-state index in [4.69, 9.17) is 16.7 Å². The molecule has 0 saturated carbocycles. The average molecular weight is 256 g/mol. The van der Waals surface area contributed by atoms with Gasteiger partial charge in [0.1, 0.15) is 0 Å². The number of aliphatic hydroxyl groups is 1. The van der Waals surface area contributed by atoms with Crippen molar-refractivity contribution >= 4 is 11.6 Å². The first-order chi connectivity index (χ1) is 8.25. The van der Waals surface area contributed by atoms with E-state index in [2.05, 4.69) is 18.3 Å². The Balaban J connectivity index is 2.21. The van der Waals surface area contributed by atoms with Gasteiger partial charge in [-0.1, -0.05) is 42.6 Å². The Hall–Kier alpha value is -0.570. The van der Waals surface area contributed by atoms with E-state index in [0.29, 0.717) is 12.6 Å². The van der Waals surface area contributed by atoms with E-state index in [9.17, 15) is 0 Å². The van der Waals surface area contributed by atoms with Gasteiger partial charge in [0.2, 0.25) is 0 Å². The summed E-state index contributed by atoms with van der Waals surface area (Å²) in [6.45, 7) is 3.44. The molecule has 0 aliphatic heterocycles. The van der Waals surface area contributed by atoms with Crippen LogP contribution >= 0.6 is 11.6 Å². The SMILES string of the molecule is C[C@H](NCCCCCCO)c1ccccc1Cl. The number of hydrogen-bond acceptors (Lipinski definition) is 2. The first kappa shape index (κ1) is 14.5. The average Bonchev–Trinajstić information content (AvgIpc) is 2.34. The van der Waals surface area contributed by atoms with Crippen LogP contribution in [0.3, 0.4) is 0 Å². The van der Waals surface area contributed by atoms with Crippen molar-refractivity contribution < 1.29 is 5.11 Å². The number of halogens is 1. The zero-order valence-corrected chi connectivity index (χ0v) is 11.2. The van der Waals surface area contributed by atoms with Crippen molar-refractivity contribution in [2.45, 2.75) is 38.6 Å². The zero-order chi connectivity index (χ0) is 12.5. The number of unbranched alkanes of at least 4 members (excludes halogenated alkanes) is 3. The van der Waals surface area contributed by atoms with Gasteiger partial charge >= 0.3 is 0 Å². The number of aliphatic hydroxyl groups excluding tert-OH is 1. The second kappa shape index (κ2) is 8.51. The Kier molecular flexibility index (Phi) is 7.25. The monoisotopic (exact) mass is 255 g/mol. The molecule has 1 atom stereocenters. The van der Waals surface area contributed by atoms with Crippen LogP contribution in [0, 0.1) is 0 Å². The van der Waals surface area contributed by atoms with E-state index in [0.717, 1.165) is 36.4 Å². The van der Waals surface area contributed by atoms with Crippen molar-refractivity contribution in [2.75, 3.05) is 13.2 Å². The molecule has 0 bridgehead atoms. The lowest BCUT2D eigenvalue weighted by Gasteiger charge is -2.15. The maximum atomic E-state index is 8.66. The predicted octanol–water partition coefficient (Wildman–Crippen LogP) is 3.54. The van der Waals surface area contributed by atoms with Gasteiger partial charge in [0.15, 0.2) is 0 Å². The van der Waals surface area contributed by atoms with Crippen LogP contribution in [0.1, 0.15) is 44.2 Å². The minimum absolute atomic E-state index is 0.293. The second-order valence-corrected chi connectivity index (χ2v) is 4.74. The number of hydrogen-bond donors (Lipinski definition) is 2. The summed E-state index contributed by atoms with van der Waals surface area (Å²) in [5.41, 5.74) is 1.16. The topological polar surface area (TPSA) is 32.3 Å². The minimum atomic E-state index is 0.293. The van der Waals surface area contributed by atoms with Crippen LogP contribution in [-0.2, 0) is 0 Å². The van der Waals surface area contributed by atoms with Crippen molar-refractivity contribution in [3.8, 4) is 0 Å². The molecule has 1 aromatic rings. The molecule has 0 amide bonds. The molecule has 0 spiro atoms. The summed E-state index contributed by atoms with van der Waals surface area (Å²) in [6, 6.07) is 8.25. The van der Waals surface area contributed by atoms with Gasteiger partial charge in [-0.05, 0) is 37.9 Å². The highest BCUT2D eigenvalue weighted by atomic mass is 35.5. The lowest BCUT2D eigenvalue weighted by Crippen LogP contribution is -2.20. The summed E-state index contributed by atoms with van der Waals surface area (Å²) in [4.78, 5) is 0. The van der Waals surface area contributed by atoms with Crippen LogP contribution in [0.4, 0.5) is 0 Å². The Bertz CT molecular complexity index is 317. The van der Waals surface area contributed by atoms with E-state index >= 15 is 0 Å². The second-order valence-electron chi connectivity index (χ2n) is 4.34. The van der Waals surface area contributed by atoms with Gasteiger partial charge in [-0.25, -0.2) is 0 Å². The normalized spacial score (nSPS) is 12.6. The van der Waals surface area contributed by atoms with Gasteiger partial charge in [0.25, 0.3) is 0 Å². The highest BCUT2D eigenvalue weighted by molar-refractivity contribution is 6.31. The molecule has 0 radical (unpaired) electrons. The molecule has 0 aliphatic carbocycles. The lowest BCUT2D eigenvalue weighted by molar-refractivity contribution is 0.282. The molecule has 0 aromatic heterocycles. The molecular weight excluding hydrogens is 234 g/mol. The van der Waals surface area contributed by atoms with Gasteiger partial charge in [-0.2, -0.15) is 0 Å². The summed E-state index contributed by atoms with van der Waals surface area (Å²) in [5.74, 6) is 0. The first-order valence-electron chi connectivity index (χ1n) is 6.34. The standard InChI is InChI=1S/C14H22ClNO/c1-12(13-8-4-5-9-14(13)15)16-10-6-2-3-7-11-17/h4-5,8-9,12,16-17H,2-3,6-7,10-11H2,1H3/t12-/m0/s1. The van der Waals surface area contributed by atoms with Crippen molar-refractivity contribution in [3.63, 3.8) is 0 Å². The van der Waals surface area contributed by atoms with E-state index in [1.54, 1.807) is 0 Å². The molecule has 0 unspecified atom stereocenters. The van der Waals surface area contributed by atoms with Crippen molar-refractivity contribution in [1.82, 2.24) is 5.32 Å². The van der Waals surface area contributed by atoms with Crippen molar-refractivity contribution in [2.24, 2.45) is 0 Å². The molecule has 1 aromatic carbocycles. The molecule has 0 saturated heterocycles. The highest BCUT2D eigenvalue weighted by Gasteiger charge is 2.07. The summed E-state index contributed by atoms with van der Waals surface area (Å²) in [6.07, 6.45) is 4.34. The minimum Gasteiger partial charge on any atom is -0.396 e. The van der Waals surface area contributed by atoms with Crippen molar-refractivity contribution in [3.05, 3.63) is 34.9 Å². The van der Waals surface area contributed by atoms with E-state index in [-0.39, 0.29) is 0 Å². The highest BCUT2D eigenvalue weighted by Crippen LogP contribution is 2.21. The maximum Gasteiger partial charge on any atom is 0.0453 e. The van der Waals surface area contributed by atoms with Crippen LogP contribution in [0.5, 0.6) is 0 Å². The van der Waals surface area contributed by atoms with Gasteiger partial charge < -0.3 is 10.4 Å². The molecule has 0 heterocycles. The van der Waals surface area contributed by atoms with E-state index in [1.165, 1.54) is 6.42 Å². The Morgan fingerprint density at radius 1 is 1.18 bits per heavy atom. The zero-order valence-electron chi connectivity index (χ0n) is 10.5. The van der Waals surface area contributed by atoms with Crippen LogP contribution in [0.15, 0.2) is 24.3 Å². The molecule has 96 valence electrons. The van der Waals surface area contributed by atoms with E-state index < -0.39 is 0 Å². The Morgan fingerprint density at radius 2 is 1.88 bits per heavy atom.